The zero-order valence-corrected chi connectivity index (χ0v) is 20.3. The number of aromatic nitrogens is 4. The van der Waals surface area contributed by atoms with E-state index in [9.17, 15) is 13.9 Å². The van der Waals surface area contributed by atoms with Crippen LogP contribution >= 0.6 is 11.6 Å². The minimum Gasteiger partial charge on any atom is -0.386 e. The molecule has 2 bridgehead atoms. The number of halogens is 4. The second-order valence-corrected chi connectivity index (χ2v) is 10.3. The first-order chi connectivity index (χ1) is 17.1. The molecule has 2 N–H and O–H groups in total. The Kier molecular flexibility index (Phi) is 5.67. The quantitative estimate of drug-likeness (QED) is 0.502. The largest absolute Gasteiger partial charge is 0.386 e. The Labute approximate surface area is 209 Å². The van der Waals surface area contributed by atoms with E-state index in [0.29, 0.717) is 30.5 Å². The molecule has 1 aromatic carbocycles. The van der Waals surface area contributed by atoms with E-state index in [-0.39, 0.29) is 46.6 Å². The Morgan fingerprint density at radius 3 is 2.78 bits per heavy atom. The second-order valence-electron chi connectivity index (χ2n) is 9.94. The van der Waals surface area contributed by atoms with E-state index in [0.717, 1.165) is 0 Å². The molecule has 2 saturated heterocycles. The van der Waals surface area contributed by atoms with Gasteiger partial charge in [-0.05, 0) is 38.8 Å². The number of aliphatic hydroxyl groups excluding tert-OH is 1. The first kappa shape index (κ1) is 23.9. The number of aliphatic hydroxyl groups is 1. The SMILES string of the molecule is CC(C)n1c([C@@H]2CCC2(F)F)nc2c(F)cc(-c3nc(N[C@@H]4C[C@H]5CO[C@H](O5)[C@H]4O)ncc3Cl)cc21. The van der Waals surface area contributed by atoms with Crippen LogP contribution in [0.25, 0.3) is 22.3 Å². The van der Waals surface area contributed by atoms with Gasteiger partial charge in [0.15, 0.2) is 12.1 Å². The molecule has 3 aromatic rings. The summed E-state index contributed by atoms with van der Waals surface area (Å²) in [4.78, 5) is 13.0. The summed E-state index contributed by atoms with van der Waals surface area (Å²) in [6, 6.07) is 2.29. The van der Waals surface area contributed by atoms with Crippen LogP contribution in [0.5, 0.6) is 0 Å². The molecule has 3 fully saturated rings. The molecular weight excluding hydrogens is 499 g/mol. The van der Waals surface area contributed by atoms with Gasteiger partial charge in [0.1, 0.15) is 17.4 Å². The van der Waals surface area contributed by atoms with Crippen LogP contribution in [-0.4, -0.2) is 61.7 Å². The molecule has 0 spiro atoms. The molecule has 5 atom stereocenters. The fraction of sp³-hybridized carbons (Fsp3) is 0.542. The number of rotatable bonds is 5. The average molecular weight is 524 g/mol. The summed E-state index contributed by atoms with van der Waals surface area (Å²) in [6.07, 6.45) is 0.241. The Hall–Kier alpha value is -2.47. The van der Waals surface area contributed by atoms with Gasteiger partial charge in [-0.15, -0.1) is 0 Å². The van der Waals surface area contributed by atoms with Gasteiger partial charge < -0.3 is 24.5 Å². The molecule has 0 unspecified atom stereocenters. The van der Waals surface area contributed by atoms with Crippen LogP contribution in [0.1, 0.15) is 50.9 Å². The van der Waals surface area contributed by atoms with E-state index in [2.05, 4.69) is 20.3 Å². The van der Waals surface area contributed by atoms with Crippen molar-refractivity contribution in [2.75, 3.05) is 11.9 Å². The summed E-state index contributed by atoms with van der Waals surface area (Å²) in [5, 5.41) is 13.8. The number of imidazole rings is 1. The fourth-order valence-corrected chi connectivity index (χ4v) is 5.46. The van der Waals surface area contributed by atoms with Crippen molar-refractivity contribution in [1.29, 1.82) is 0 Å². The molecule has 3 aliphatic rings. The van der Waals surface area contributed by atoms with Gasteiger partial charge in [0.25, 0.3) is 5.92 Å². The molecule has 192 valence electrons. The number of fused-ring (bicyclic) bond motifs is 3. The van der Waals surface area contributed by atoms with Crippen molar-refractivity contribution in [3.63, 3.8) is 0 Å². The third-order valence-electron chi connectivity index (χ3n) is 7.19. The van der Waals surface area contributed by atoms with Crippen molar-refractivity contribution in [3.8, 4) is 11.3 Å². The lowest BCUT2D eigenvalue weighted by Crippen LogP contribution is -2.48. The molecule has 12 heteroatoms. The van der Waals surface area contributed by atoms with Gasteiger partial charge in [-0.25, -0.2) is 28.1 Å². The van der Waals surface area contributed by atoms with Gasteiger partial charge in [0, 0.05) is 18.0 Å². The van der Waals surface area contributed by atoms with Gasteiger partial charge in [-0.1, -0.05) is 11.6 Å². The predicted molar refractivity (Wildman–Crippen MR) is 126 cm³/mol. The fourth-order valence-electron chi connectivity index (χ4n) is 5.26. The third kappa shape index (κ3) is 3.84. The van der Waals surface area contributed by atoms with E-state index in [4.69, 9.17) is 21.1 Å². The van der Waals surface area contributed by atoms with Crippen molar-refractivity contribution in [2.24, 2.45) is 0 Å². The molecule has 2 aromatic heterocycles. The smallest absolute Gasteiger partial charge is 0.257 e. The summed E-state index contributed by atoms with van der Waals surface area (Å²) < 4.78 is 56.4. The van der Waals surface area contributed by atoms with Gasteiger partial charge in [0.2, 0.25) is 5.95 Å². The Morgan fingerprint density at radius 2 is 2.08 bits per heavy atom. The maximum absolute atomic E-state index is 15.3. The highest BCUT2D eigenvalue weighted by molar-refractivity contribution is 6.33. The number of benzene rings is 1. The Bertz CT molecular complexity index is 1340. The van der Waals surface area contributed by atoms with Crippen molar-refractivity contribution < 1.29 is 27.8 Å². The minimum absolute atomic E-state index is 0.0366. The number of alkyl halides is 2. The molecule has 0 amide bonds. The molecular formula is C24H25ClF3N5O3. The third-order valence-corrected chi connectivity index (χ3v) is 7.47. The van der Waals surface area contributed by atoms with Crippen LogP contribution in [0.2, 0.25) is 5.02 Å². The highest BCUT2D eigenvalue weighted by atomic mass is 35.5. The zero-order chi connectivity index (χ0) is 25.4. The number of anilines is 1. The molecule has 36 heavy (non-hydrogen) atoms. The van der Waals surface area contributed by atoms with Crippen LogP contribution in [0, 0.1) is 5.82 Å². The predicted octanol–water partition coefficient (Wildman–Crippen LogP) is 4.67. The summed E-state index contributed by atoms with van der Waals surface area (Å²) in [5.74, 6) is -4.16. The van der Waals surface area contributed by atoms with E-state index < -0.39 is 36.1 Å². The van der Waals surface area contributed by atoms with E-state index in [1.54, 1.807) is 10.6 Å². The van der Waals surface area contributed by atoms with Crippen LogP contribution in [0.4, 0.5) is 19.1 Å². The molecule has 6 rings (SSSR count). The second kappa shape index (κ2) is 8.54. The van der Waals surface area contributed by atoms with E-state index in [1.165, 1.54) is 12.3 Å². The molecule has 1 aliphatic carbocycles. The van der Waals surface area contributed by atoms with Crippen molar-refractivity contribution in [1.82, 2.24) is 19.5 Å². The number of ether oxygens (including phenoxy) is 2. The van der Waals surface area contributed by atoms with Crippen LogP contribution in [-0.2, 0) is 9.47 Å². The van der Waals surface area contributed by atoms with Gasteiger partial charge in [0.05, 0.1) is 47.1 Å². The van der Waals surface area contributed by atoms with Crippen LogP contribution in [0.3, 0.4) is 0 Å². The minimum atomic E-state index is -2.86. The standard InChI is InChI=1S/C24H25ClF3N5O3/c1-10(2)33-17-6-11(5-15(26)19(17)31-21(33)13-3-4-24(13,27)28)18-14(25)8-29-23(32-18)30-16-7-12-9-35-22(36-12)20(16)34/h5-6,8,10,12-13,16,20,22,34H,3-4,7,9H2,1-2H3,(H,29,30,32)/t12-,13-,16+,20-,22+/m0/s1. The van der Waals surface area contributed by atoms with Gasteiger partial charge in [-0.2, -0.15) is 0 Å². The summed E-state index contributed by atoms with van der Waals surface area (Å²) in [5.41, 5.74) is 1.06. The van der Waals surface area contributed by atoms with Crippen molar-refractivity contribution in [2.45, 2.75) is 75.5 Å². The maximum Gasteiger partial charge on any atom is 0.257 e. The number of nitrogens with one attached hydrogen (secondary N) is 1. The summed E-state index contributed by atoms with van der Waals surface area (Å²) in [6.45, 7) is 4.10. The monoisotopic (exact) mass is 523 g/mol. The maximum atomic E-state index is 15.3. The highest BCUT2D eigenvalue weighted by Gasteiger charge is 2.51. The van der Waals surface area contributed by atoms with Crippen molar-refractivity contribution >= 4 is 28.6 Å². The molecule has 8 nitrogen and oxygen atoms in total. The van der Waals surface area contributed by atoms with Gasteiger partial charge >= 0.3 is 0 Å². The average Bonchev–Trinajstić information content (AvgIpc) is 3.40. The summed E-state index contributed by atoms with van der Waals surface area (Å²) in [7, 11) is 0. The number of hydrogen-bond donors (Lipinski definition) is 2. The molecule has 2 aliphatic heterocycles. The van der Waals surface area contributed by atoms with E-state index >= 15 is 4.39 Å². The normalized spacial score (nSPS) is 29.1. The molecule has 4 heterocycles. The first-order valence-electron chi connectivity index (χ1n) is 12.0. The molecule has 1 saturated carbocycles. The Morgan fingerprint density at radius 1 is 1.28 bits per heavy atom. The van der Waals surface area contributed by atoms with Crippen LogP contribution in [0.15, 0.2) is 18.3 Å². The molecule has 0 radical (unpaired) electrons. The first-order valence-corrected chi connectivity index (χ1v) is 12.3. The lowest BCUT2D eigenvalue weighted by Gasteiger charge is -2.36. The Balaban J connectivity index is 1.39. The topological polar surface area (TPSA) is 94.3 Å². The van der Waals surface area contributed by atoms with Gasteiger partial charge in [-0.3, -0.25) is 0 Å². The van der Waals surface area contributed by atoms with Crippen molar-refractivity contribution in [3.05, 3.63) is 35.0 Å². The van der Waals surface area contributed by atoms with E-state index in [1.807, 2.05) is 13.8 Å². The number of hydrogen-bond acceptors (Lipinski definition) is 7. The van der Waals surface area contributed by atoms with Crippen LogP contribution < -0.4 is 5.32 Å². The lowest BCUT2D eigenvalue weighted by molar-refractivity contribution is -0.156. The lowest BCUT2D eigenvalue weighted by atomic mass is 9.80. The summed E-state index contributed by atoms with van der Waals surface area (Å²) >= 11 is 6.40. The number of nitrogens with zero attached hydrogens (tertiary/aromatic N) is 4. The zero-order valence-electron chi connectivity index (χ0n) is 19.6. The highest BCUT2D eigenvalue weighted by Crippen LogP contribution is 2.50.